The molecule has 4 nitrogen and oxygen atoms in total. The number of rotatable bonds is 5. The van der Waals surface area contributed by atoms with Crippen molar-refractivity contribution in [2.24, 2.45) is 0 Å². The van der Waals surface area contributed by atoms with Crippen molar-refractivity contribution in [2.45, 2.75) is 38.9 Å². The molecule has 1 saturated heterocycles. The highest BCUT2D eigenvalue weighted by atomic mass is 79.9. The van der Waals surface area contributed by atoms with Gasteiger partial charge >= 0.3 is 7.12 Å². The van der Waals surface area contributed by atoms with Crippen LogP contribution in [0.25, 0.3) is 6.08 Å². The van der Waals surface area contributed by atoms with Gasteiger partial charge in [0, 0.05) is 16.6 Å². The Morgan fingerprint density at radius 3 is 2.39 bits per heavy atom. The Balaban J connectivity index is 2.36. The van der Waals surface area contributed by atoms with Crippen LogP contribution >= 0.6 is 15.9 Å². The molecule has 0 aliphatic carbocycles. The van der Waals surface area contributed by atoms with Crippen molar-refractivity contribution in [3.63, 3.8) is 0 Å². The monoisotopic (exact) mass is 381 g/mol. The molecule has 0 radical (unpaired) electrons. The summed E-state index contributed by atoms with van der Waals surface area (Å²) in [5.74, 6) is 0.810. The van der Waals surface area contributed by atoms with Gasteiger partial charge in [0.15, 0.2) is 0 Å². The summed E-state index contributed by atoms with van der Waals surface area (Å²) in [4.78, 5) is 0. The van der Waals surface area contributed by atoms with Crippen LogP contribution in [0.4, 0.5) is 0 Å². The van der Waals surface area contributed by atoms with Gasteiger partial charge in [-0.2, -0.15) is 0 Å². The maximum Gasteiger partial charge on any atom is 0.491 e. The SMILES string of the molecule is CNCC(=Cc1ccc(Br)cc1OC)B1OC(C)(C)C(C)(C)O1. The summed E-state index contributed by atoms with van der Waals surface area (Å²) in [7, 11) is 3.21. The molecule has 126 valence electrons. The summed E-state index contributed by atoms with van der Waals surface area (Å²) in [5.41, 5.74) is 1.32. The quantitative estimate of drug-likeness (QED) is 0.789. The Kier molecular flexibility index (Phi) is 5.61. The highest BCUT2D eigenvalue weighted by Gasteiger charge is 2.52. The third-order valence-electron chi connectivity index (χ3n) is 4.47. The van der Waals surface area contributed by atoms with E-state index in [1.807, 2.05) is 25.2 Å². The lowest BCUT2D eigenvalue weighted by atomic mass is 9.77. The van der Waals surface area contributed by atoms with Gasteiger partial charge in [0.2, 0.25) is 0 Å². The van der Waals surface area contributed by atoms with Crippen molar-refractivity contribution >= 4 is 29.1 Å². The molecule has 0 unspecified atom stereocenters. The van der Waals surface area contributed by atoms with Crippen molar-refractivity contribution < 1.29 is 14.0 Å². The van der Waals surface area contributed by atoms with Crippen molar-refractivity contribution in [2.75, 3.05) is 20.7 Å². The summed E-state index contributed by atoms with van der Waals surface area (Å²) in [6.45, 7) is 8.92. The van der Waals surface area contributed by atoms with Gasteiger partial charge in [-0.15, -0.1) is 0 Å². The van der Waals surface area contributed by atoms with Gasteiger partial charge in [-0.05, 0) is 52.3 Å². The van der Waals surface area contributed by atoms with Crippen LogP contribution in [0.2, 0.25) is 0 Å². The van der Waals surface area contributed by atoms with Gasteiger partial charge in [0.25, 0.3) is 0 Å². The van der Waals surface area contributed by atoms with E-state index in [2.05, 4.69) is 55.0 Å². The number of hydrogen-bond acceptors (Lipinski definition) is 4. The zero-order chi connectivity index (χ0) is 17.3. The Bertz CT molecular complexity index is 586. The average Bonchev–Trinajstić information content (AvgIpc) is 2.68. The van der Waals surface area contributed by atoms with Gasteiger partial charge in [-0.1, -0.05) is 28.1 Å². The molecule has 0 spiro atoms. The first kappa shape index (κ1) is 18.5. The van der Waals surface area contributed by atoms with Crippen LogP contribution in [-0.2, 0) is 9.31 Å². The number of ether oxygens (including phenoxy) is 1. The molecule has 0 amide bonds. The fourth-order valence-corrected chi connectivity index (χ4v) is 2.75. The fourth-order valence-electron chi connectivity index (χ4n) is 2.40. The van der Waals surface area contributed by atoms with E-state index < -0.39 is 0 Å². The van der Waals surface area contributed by atoms with E-state index in [4.69, 9.17) is 14.0 Å². The molecule has 1 heterocycles. The lowest BCUT2D eigenvalue weighted by Gasteiger charge is -2.32. The van der Waals surface area contributed by atoms with E-state index in [1.165, 1.54) is 0 Å². The van der Waals surface area contributed by atoms with Crippen LogP contribution < -0.4 is 10.1 Å². The van der Waals surface area contributed by atoms with Crippen molar-refractivity contribution in [1.29, 1.82) is 0 Å². The largest absolute Gasteiger partial charge is 0.496 e. The standard InChI is InChI=1S/C17H25BBrNO3/c1-16(2)17(3,4)23-18(22-16)13(11-20-5)9-12-7-8-14(19)10-15(12)21-6/h7-10,20H,11H2,1-6H3. The molecule has 1 aliphatic rings. The highest BCUT2D eigenvalue weighted by Crippen LogP contribution is 2.39. The molecule has 6 heteroatoms. The average molecular weight is 382 g/mol. The van der Waals surface area contributed by atoms with Crippen molar-refractivity contribution in [1.82, 2.24) is 5.32 Å². The Hall–Kier alpha value is -0.815. The minimum Gasteiger partial charge on any atom is -0.496 e. The van der Waals surface area contributed by atoms with E-state index >= 15 is 0 Å². The van der Waals surface area contributed by atoms with E-state index in [-0.39, 0.29) is 18.3 Å². The Morgan fingerprint density at radius 1 is 1.26 bits per heavy atom. The number of halogens is 1. The van der Waals surface area contributed by atoms with Gasteiger partial charge in [0.05, 0.1) is 18.3 Å². The van der Waals surface area contributed by atoms with Crippen LogP contribution in [0.1, 0.15) is 33.3 Å². The molecule has 1 N–H and O–H groups in total. The van der Waals surface area contributed by atoms with Crippen LogP contribution in [0.5, 0.6) is 5.75 Å². The van der Waals surface area contributed by atoms with Crippen molar-refractivity contribution in [3.05, 3.63) is 33.7 Å². The molecule has 1 aromatic rings. The van der Waals surface area contributed by atoms with Gasteiger partial charge < -0.3 is 19.4 Å². The fraction of sp³-hybridized carbons (Fsp3) is 0.529. The summed E-state index contributed by atoms with van der Waals surface area (Å²) in [6, 6.07) is 5.96. The summed E-state index contributed by atoms with van der Waals surface area (Å²) >= 11 is 3.47. The molecule has 0 aromatic heterocycles. The van der Waals surface area contributed by atoms with Crippen LogP contribution in [0.3, 0.4) is 0 Å². The molecule has 0 bridgehead atoms. The normalized spacial score (nSPS) is 20.0. The van der Waals surface area contributed by atoms with Crippen LogP contribution in [-0.4, -0.2) is 39.0 Å². The second-order valence-electron chi connectivity index (χ2n) is 6.72. The Morgan fingerprint density at radius 2 is 1.87 bits per heavy atom. The van der Waals surface area contributed by atoms with E-state index in [9.17, 15) is 0 Å². The summed E-state index contributed by atoms with van der Waals surface area (Å²) < 4.78 is 18.8. The van der Waals surface area contributed by atoms with Crippen molar-refractivity contribution in [3.8, 4) is 5.75 Å². The summed E-state index contributed by atoms with van der Waals surface area (Å²) in [5, 5.41) is 3.19. The Labute approximate surface area is 147 Å². The molecule has 23 heavy (non-hydrogen) atoms. The molecular weight excluding hydrogens is 357 g/mol. The van der Waals surface area contributed by atoms with E-state index in [0.29, 0.717) is 6.54 Å². The van der Waals surface area contributed by atoms with Crippen LogP contribution in [0, 0.1) is 0 Å². The smallest absolute Gasteiger partial charge is 0.491 e. The second kappa shape index (κ2) is 6.97. The van der Waals surface area contributed by atoms with Gasteiger partial charge in [-0.3, -0.25) is 0 Å². The number of nitrogens with one attached hydrogen (secondary N) is 1. The number of methoxy groups -OCH3 is 1. The first-order valence-electron chi connectivity index (χ1n) is 7.74. The zero-order valence-electron chi connectivity index (χ0n) is 14.7. The number of likely N-dealkylation sites (N-methyl/N-ethyl adjacent to an activating group) is 1. The van der Waals surface area contributed by atoms with Crippen LogP contribution in [0.15, 0.2) is 28.1 Å². The molecule has 1 aromatic carbocycles. The van der Waals surface area contributed by atoms with E-state index in [1.54, 1.807) is 7.11 Å². The first-order chi connectivity index (χ1) is 10.7. The molecule has 1 fully saturated rings. The molecular formula is C17H25BBrNO3. The maximum atomic E-state index is 6.17. The number of hydrogen-bond donors (Lipinski definition) is 1. The summed E-state index contributed by atoms with van der Waals surface area (Å²) in [6.07, 6.45) is 2.07. The highest BCUT2D eigenvalue weighted by molar-refractivity contribution is 9.10. The predicted octanol–water partition coefficient (Wildman–Crippen LogP) is 3.69. The molecule has 0 atom stereocenters. The minimum atomic E-state index is -0.374. The zero-order valence-corrected chi connectivity index (χ0v) is 16.3. The van der Waals surface area contributed by atoms with E-state index in [0.717, 1.165) is 21.3 Å². The molecule has 0 saturated carbocycles. The minimum absolute atomic E-state index is 0.353. The molecule has 2 rings (SSSR count). The first-order valence-corrected chi connectivity index (χ1v) is 8.54. The lowest BCUT2D eigenvalue weighted by molar-refractivity contribution is 0.00578. The third kappa shape index (κ3) is 3.99. The van der Waals surface area contributed by atoms with Gasteiger partial charge in [0.1, 0.15) is 5.75 Å². The maximum absolute atomic E-state index is 6.17. The predicted molar refractivity (Wildman–Crippen MR) is 98.7 cm³/mol. The van der Waals surface area contributed by atoms with Gasteiger partial charge in [-0.25, -0.2) is 0 Å². The lowest BCUT2D eigenvalue weighted by Crippen LogP contribution is -2.41. The second-order valence-corrected chi connectivity index (χ2v) is 7.64. The number of benzene rings is 1. The molecule has 1 aliphatic heterocycles. The topological polar surface area (TPSA) is 39.7 Å². The third-order valence-corrected chi connectivity index (χ3v) is 4.97.